The number of fused-ring (bicyclic) bond motifs is 2. The fourth-order valence-electron chi connectivity index (χ4n) is 4.97. The van der Waals surface area contributed by atoms with Gasteiger partial charge in [0.25, 0.3) is 6.43 Å². The Labute approximate surface area is 201 Å². The highest BCUT2D eigenvalue weighted by Crippen LogP contribution is 2.38. The number of hydrogen-bond donors (Lipinski definition) is 1. The van der Waals surface area contributed by atoms with Crippen LogP contribution in [0.3, 0.4) is 0 Å². The fourth-order valence-corrected chi connectivity index (χ4v) is 4.97. The van der Waals surface area contributed by atoms with E-state index in [1.165, 1.54) is 23.1 Å². The number of anilines is 1. The molecule has 4 aromatic rings. The zero-order valence-corrected chi connectivity index (χ0v) is 19.7. The molecular formula is C25H28F2N8. The number of pyridine rings is 1. The third-order valence-corrected chi connectivity index (χ3v) is 7.08. The van der Waals surface area contributed by atoms with Crippen LogP contribution in [-0.4, -0.2) is 59.6 Å². The lowest BCUT2D eigenvalue weighted by atomic mass is 10.0. The topological polar surface area (TPSA) is 76.2 Å². The molecule has 6 rings (SSSR count). The summed E-state index contributed by atoms with van der Waals surface area (Å²) in [6, 6.07) is 5.92. The van der Waals surface area contributed by atoms with Crippen molar-refractivity contribution in [3.8, 4) is 11.3 Å². The SMILES string of the molecule is C=C(C1CC1)N1CCC(Nc2ncc3c(-c4ccc5nc(C)n(CC(F)F)c5n4)ccn3n2)CC1. The summed E-state index contributed by atoms with van der Waals surface area (Å²) in [6.07, 6.45) is 5.79. The first kappa shape index (κ1) is 21.9. The Bertz CT molecular complexity index is 1400. The molecule has 5 heterocycles. The summed E-state index contributed by atoms with van der Waals surface area (Å²) in [7, 11) is 0. The first-order valence-electron chi connectivity index (χ1n) is 12.1. The van der Waals surface area contributed by atoms with E-state index in [1.54, 1.807) is 17.6 Å². The van der Waals surface area contributed by atoms with Crippen molar-refractivity contribution in [2.24, 2.45) is 5.92 Å². The van der Waals surface area contributed by atoms with Gasteiger partial charge in [0.15, 0.2) is 5.65 Å². The summed E-state index contributed by atoms with van der Waals surface area (Å²) in [4.78, 5) is 16.0. The minimum absolute atomic E-state index is 0.327. The van der Waals surface area contributed by atoms with Crippen molar-refractivity contribution in [1.82, 2.24) is 34.0 Å². The van der Waals surface area contributed by atoms with Crippen LogP contribution in [0.4, 0.5) is 14.7 Å². The maximum atomic E-state index is 13.1. The van der Waals surface area contributed by atoms with Gasteiger partial charge in [-0.1, -0.05) is 6.58 Å². The van der Waals surface area contributed by atoms with Gasteiger partial charge in [-0.15, -0.1) is 5.10 Å². The zero-order chi connectivity index (χ0) is 24.1. The summed E-state index contributed by atoms with van der Waals surface area (Å²) >= 11 is 0. The molecule has 0 spiro atoms. The molecule has 0 aromatic carbocycles. The van der Waals surface area contributed by atoms with Gasteiger partial charge in [-0.3, -0.25) is 0 Å². The minimum Gasteiger partial charge on any atom is -0.375 e. The molecule has 182 valence electrons. The molecule has 0 radical (unpaired) electrons. The maximum Gasteiger partial charge on any atom is 0.256 e. The standard InChI is InChI=1S/C25H28F2N8/c1-15(17-3-4-17)33-10-7-18(8-11-33)30-25-28-13-22-19(9-12-35(22)32-25)20-5-6-21-24(31-20)34(14-23(26)27)16(2)29-21/h5-6,9,12-13,17-18,23H,1,3-4,7-8,10-11,14H2,2H3,(H,30,32). The molecule has 1 aliphatic heterocycles. The molecule has 2 fully saturated rings. The average Bonchev–Trinajstić information content (AvgIpc) is 3.55. The van der Waals surface area contributed by atoms with Crippen molar-refractivity contribution in [1.29, 1.82) is 0 Å². The van der Waals surface area contributed by atoms with Gasteiger partial charge >= 0.3 is 0 Å². The van der Waals surface area contributed by atoms with E-state index in [2.05, 4.69) is 36.8 Å². The molecule has 1 aliphatic carbocycles. The maximum absolute atomic E-state index is 13.1. The van der Waals surface area contributed by atoms with Gasteiger partial charge < -0.3 is 14.8 Å². The summed E-state index contributed by atoms with van der Waals surface area (Å²) in [5.74, 6) is 1.82. The van der Waals surface area contributed by atoms with Crippen LogP contribution in [0, 0.1) is 12.8 Å². The number of piperidine rings is 1. The van der Waals surface area contributed by atoms with Crippen LogP contribution in [0.25, 0.3) is 27.9 Å². The van der Waals surface area contributed by atoms with Gasteiger partial charge in [-0.2, -0.15) is 0 Å². The van der Waals surface area contributed by atoms with Gasteiger partial charge in [0, 0.05) is 36.6 Å². The largest absolute Gasteiger partial charge is 0.375 e. The number of nitrogens with one attached hydrogen (secondary N) is 1. The molecule has 8 nitrogen and oxygen atoms in total. The normalized spacial score (nSPS) is 17.1. The Morgan fingerprint density at radius 1 is 1.14 bits per heavy atom. The van der Waals surface area contributed by atoms with Crippen molar-refractivity contribution in [3.63, 3.8) is 0 Å². The van der Waals surface area contributed by atoms with E-state index in [9.17, 15) is 8.78 Å². The Kier molecular flexibility index (Phi) is 5.38. The van der Waals surface area contributed by atoms with Crippen LogP contribution in [-0.2, 0) is 6.54 Å². The van der Waals surface area contributed by atoms with Gasteiger partial charge in [0.05, 0.1) is 24.0 Å². The monoisotopic (exact) mass is 478 g/mol. The Hall–Kier alpha value is -3.56. The quantitative estimate of drug-likeness (QED) is 0.421. The summed E-state index contributed by atoms with van der Waals surface area (Å²) in [5, 5.41) is 8.13. The van der Waals surface area contributed by atoms with Gasteiger partial charge in [0.2, 0.25) is 5.95 Å². The predicted octanol–water partition coefficient (Wildman–Crippen LogP) is 4.51. The van der Waals surface area contributed by atoms with Crippen LogP contribution in [0.5, 0.6) is 0 Å². The summed E-state index contributed by atoms with van der Waals surface area (Å²) in [6.45, 7) is 7.59. The Morgan fingerprint density at radius 3 is 2.69 bits per heavy atom. The third kappa shape index (κ3) is 4.21. The highest BCUT2D eigenvalue weighted by Gasteiger charge is 2.30. The molecule has 35 heavy (non-hydrogen) atoms. The lowest BCUT2D eigenvalue weighted by Crippen LogP contribution is -2.39. The average molecular weight is 479 g/mol. The van der Waals surface area contributed by atoms with E-state index >= 15 is 0 Å². The van der Waals surface area contributed by atoms with Gasteiger partial charge in [-0.25, -0.2) is 28.2 Å². The first-order chi connectivity index (χ1) is 17.0. The number of aromatic nitrogens is 6. The lowest BCUT2D eigenvalue weighted by molar-refractivity contribution is 0.127. The van der Waals surface area contributed by atoms with E-state index < -0.39 is 13.0 Å². The zero-order valence-electron chi connectivity index (χ0n) is 19.7. The molecule has 1 N–H and O–H groups in total. The molecule has 10 heteroatoms. The summed E-state index contributed by atoms with van der Waals surface area (Å²) in [5.41, 5.74) is 4.67. The van der Waals surface area contributed by atoms with Crippen LogP contribution < -0.4 is 5.32 Å². The van der Waals surface area contributed by atoms with Crippen molar-refractivity contribution in [2.45, 2.75) is 51.6 Å². The molecule has 0 bridgehead atoms. The third-order valence-electron chi connectivity index (χ3n) is 7.08. The number of alkyl halides is 2. The number of aryl methyl sites for hydroxylation is 1. The van der Waals surface area contributed by atoms with Crippen molar-refractivity contribution < 1.29 is 8.78 Å². The van der Waals surface area contributed by atoms with E-state index in [-0.39, 0.29) is 0 Å². The Morgan fingerprint density at radius 2 is 1.94 bits per heavy atom. The number of imidazole rings is 1. The van der Waals surface area contributed by atoms with Gasteiger partial charge in [-0.05, 0) is 56.7 Å². The van der Waals surface area contributed by atoms with Crippen molar-refractivity contribution in [3.05, 3.63) is 48.7 Å². The molecule has 1 saturated carbocycles. The smallest absolute Gasteiger partial charge is 0.256 e. The number of halogens is 2. The van der Waals surface area contributed by atoms with E-state index in [0.29, 0.717) is 40.6 Å². The van der Waals surface area contributed by atoms with E-state index in [0.717, 1.165) is 37.0 Å². The van der Waals surface area contributed by atoms with E-state index in [4.69, 9.17) is 0 Å². The van der Waals surface area contributed by atoms with Crippen LogP contribution in [0.1, 0.15) is 31.5 Å². The van der Waals surface area contributed by atoms with Crippen LogP contribution in [0.15, 0.2) is 42.9 Å². The molecular weight excluding hydrogens is 450 g/mol. The van der Waals surface area contributed by atoms with Crippen molar-refractivity contribution >= 4 is 22.6 Å². The second-order valence-electron chi connectivity index (χ2n) is 9.51. The molecule has 0 atom stereocenters. The molecule has 0 unspecified atom stereocenters. The molecule has 0 amide bonds. The predicted molar refractivity (Wildman–Crippen MR) is 130 cm³/mol. The molecule has 1 saturated heterocycles. The number of nitrogens with zero attached hydrogens (tertiary/aromatic N) is 7. The lowest BCUT2D eigenvalue weighted by Gasteiger charge is -2.35. The second kappa shape index (κ2) is 8.58. The van der Waals surface area contributed by atoms with Crippen LogP contribution in [0.2, 0.25) is 0 Å². The first-order valence-corrected chi connectivity index (χ1v) is 12.1. The highest BCUT2D eigenvalue weighted by atomic mass is 19.3. The Balaban J connectivity index is 1.20. The number of rotatable bonds is 7. The fraction of sp³-hybridized carbons (Fsp3) is 0.440. The second-order valence-corrected chi connectivity index (χ2v) is 9.51. The number of hydrogen-bond acceptors (Lipinski definition) is 6. The van der Waals surface area contributed by atoms with Crippen molar-refractivity contribution in [2.75, 3.05) is 18.4 Å². The highest BCUT2D eigenvalue weighted by molar-refractivity contribution is 5.82. The van der Waals surface area contributed by atoms with Gasteiger partial charge in [0.1, 0.15) is 11.3 Å². The van der Waals surface area contributed by atoms with Crippen LogP contribution >= 0.6 is 0 Å². The molecule has 2 aliphatic rings. The molecule has 4 aromatic heterocycles. The number of allylic oxidation sites excluding steroid dienone is 1. The number of likely N-dealkylation sites (tertiary alicyclic amines) is 1. The van der Waals surface area contributed by atoms with E-state index in [1.807, 2.05) is 24.4 Å². The summed E-state index contributed by atoms with van der Waals surface area (Å²) < 4.78 is 29.4. The minimum atomic E-state index is -2.48.